The molecule has 0 spiro atoms. The van der Waals surface area contributed by atoms with Gasteiger partial charge < -0.3 is 4.74 Å². The molecule has 1 saturated heterocycles. The van der Waals surface area contributed by atoms with Crippen LogP contribution in [0, 0.1) is 27.7 Å². The number of aryl methyl sites for hydroxylation is 3. The van der Waals surface area contributed by atoms with Crippen LogP contribution in [0.25, 0.3) is 6.08 Å². The number of anilines is 1. The highest BCUT2D eigenvalue weighted by atomic mass is 16.5. The van der Waals surface area contributed by atoms with Crippen molar-refractivity contribution < 1.29 is 19.1 Å². The van der Waals surface area contributed by atoms with E-state index in [9.17, 15) is 14.4 Å². The number of amides is 4. The number of carbonyl (C=O) groups excluding carboxylic acids is 3. The van der Waals surface area contributed by atoms with Gasteiger partial charge in [0.05, 0.1) is 12.8 Å². The first-order valence-electron chi connectivity index (χ1n) is 11.4. The number of urea groups is 1. The number of nitrogens with zero attached hydrogens (tertiary/aromatic N) is 1. The highest BCUT2D eigenvalue weighted by Gasteiger charge is 2.37. The molecule has 6 nitrogen and oxygen atoms in total. The number of ether oxygens (including phenoxy) is 1. The Kier molecular flexibility index (Phi) is 6.56. The van der Waals surface area contributed by atoms with Crippen LogP contribution in [0.3, 0.4) is 0 Å². The van der Waals surface area contributed by atoms with E-state index in [-0.39, 0.29) is 5.57 Å². The minimum atomic E-state index is -0.757. The lowest BCUT2D eigenvalue weighted by Crippen LogP contribution is -2.54. The van der Waals surface area contributed by atoms with Crippen LogP contribution in [0.1, 0.15) is 38.9 Å². The Bertz CT molecular complexity index is 1370. The Morgan fingerprint density at radius 2 is 1.63 bits per heavy atom. The molecule has 0 saturated carbocycles. The smallest absolute Gasteiger partial charge is 0.335 e. The number of nitrogens with one attached hydrogen (secondary N) is 1. The molecule has 0 radical (unpaired) electrons. The molecule has 0 unspecified atom stereocenters. The first-order valence-corrected chi connectivity index (χ1v) is 11.4. The van der Waals surface area contributed by atoms with Crippen molar-refractivity contribution in [3.8, 4) is 5.75 Å². The predicted octanol–water partition coefficient (Wildman–Crippen LogP) is 5.19. The summed E-state index contributed by atoms with van der Waals surface area (Å²) in [6.45, 7) is 7.88. The van der Waals surface area contributed by atoms with Crippen LogP contribution in [0.2, 0.25) is 0 Å². The maximum Gasteiger partial charge on any atom is 0.335 e. The van der Waals surface area contributed by atoms with E-state index in [4.69, 9.17) is 4.74 Å². The summed E-state index contributed by atoms with van der Waals surface area (Å²) in [6.07, 6.45) is 2.18. The van der Waals surface area contributed by atoms with Gasteiger partial charge >= 0.3 is 6.03 Å². The van der Waals surface area contributed by atoms with Gasteiger partial charge in [-0.25, -0.2) is 9.69 Å². The van der Waals surface area contributed by atoms with E-state index in [1.54, 1.807) is 25.3 Å². The number of hydrogen-bond donors (Lipinski definition) is 1. The second-order valence-electron chi connectivity index (χ2n) is 8.92. The average Bonchev–Trinajstić information content (AvgIpc) is 2.79. The molecule has 0 aromatic heterocycles. The molecule has 1 heterocycles. The summed E-state index contributed by atoms with van der Waals surface area (Å²) in [6, 6.07) is 16.6. The summed E-state index contributed by atoms with van der Waals surface area (Å²) < 4.78 is 5.62. The molecule has 178 valence electrons. The summed E-state index contributed by atoms with van der Waals surface area (Å²) >= 11 is 0. The minimum Gasteiger partial charge on any atom is -0.496 e. The van der Waals surface area contributed by atoms with Gasteiger partial charge in [-0.15, -0.1) is 0 Å². The number of hydrogen-bond acceptors (Lipinski definition) is 4. The topological polar surface area (TPSA) is 75.7 Å². The SMILES string of the molecule is COc1cc(/C=C2\C(=O)NC(=O)N(c3cccc(C)c3C)C2=O)ccc1Cc1cc(C)cc(C)c1. The molecule has 1 N–H and O–H groups in total. The van der Waals surface area contributed by atoms with Crippen LogP contribution >= 0.6 is 0 Å². The van der Waals surface area contributed by atoms with Gasteiger partial charge in [-0.3, -0.25) is 14.9 Å². The van der Waals surface area contributed by atoms with Gasteiger partial charge in [-0.2, -0.15) is 0 Å². The standard InChI is InChI=1S/C29H28N2O4/c1-17-11-18(2)13-22(12-17)14-23-10-9-21(16-26(23)35-5)15-24-27(32)30-29(34)31(28(24)33)25-8-6-7-19(3)20(25)4/h6-13,15-16H,14H2,1-5H3,(H,30,32,34)/b24-15+. The third kappa shape index (κ3) is 4.87. The fourth-order valence-electron chi connectivity index (χ4n) is 4.41. The monoisotopic (exact) mass is 468 g/mol. The number of rotatable bonds is 5. The Hall–Kier alpha value is -4.19. The lowest BCUT2D eigenvalue weighted by atomic mass is 9.98. The Balaban J connectivity index is 1.68. The van der Waals surface area contributed by atoms with E-state index in [1.165, 1.54) is 22.8 Å². The van der Waals surface area contributed by atoms with Crippen molar-refractivity contribution in [1.29, 1.82) is 0 Å². The number of imide groups is 2. The number of methoxy groups -OCH3 is 1. The zero-order valence-electron chi connectivity index (χ0n) is 20.6. The second-order valence-corrected chi connectivity index (χ2v) is 8.92. The minimum absolute atomic E-state index is 0.116. The summed E-state index contributed by atoms with van der Waals surface area (Å²) in [7, 11) is 1.59. The van der Waals surface area contributed by atoms with Crippen molar-refractivity contribution in [3.63, 3.8) is 0 Å². The Morgan fingerprint density at radius 3 is 2.31 bits per heavy atom. The van der Waals surface area contributed by atoms with E-state index in [2.05, 4.69) is 37.4 Å². The largest absolute Gasteiger partial charge is 0.496 e. The summed E-state index contributed by atoms with van der Waals surface area (Å²) in [4.78, 5) is 39.5. The van der Waals surface area contributed by atoms with E-state index in [0.29, 0.717) is 23.4 Å². The van der Waals surface area contributed by atoms with E-state index in [0.717, 1.165) is 21.6 Å². The lowest BCUT2D eigenvalue weighted by Gasteiger charge is -2.28. The molecular weight excluding hydrogens is 440 g/mol. The van der Waals surface area contributed by atoms with E-state index >= 15 is 0 Å². The first kappa shape index (κ1) is 24.0. The third-order valence-corrected chi connectivity index (χ3v) is 6.22. The maximum absolute atomic E-state index is 13.3. The molecule has 0 bridgehead atoms. The second kappa shape index (κ2) is 9.58. The van der Waals surface area contributed by atoms with Crippen molar-refractivity contribution >= 4 is 29.6 Å². The summed E-state index contributed by atoms with van der Waals surface area (Å²) in [5.74, 6) is -0.727. The van der Waals surface area contributed by atoms with Crippen LogP contribution in [0.15, 0.2) is 60.2 Å². The van der Waals surface area contributed by atoms with Gasteiger partial charge in [0.1, 0.15) is 11.3 Å². The van der Waals surface area contributed by atoms with Gasteiger partial charge in [-0.1, -0.05) is 53.6 Å². The van der Waals surface area contributed by atoms with Crippen LogP contribution in [0.4, 0.5) is 10.5 Å². The van der Waals surface area contributed by atoms with Crippen molar-refractivity contribution in [2.45, 2.75) is 34.1 Å². The zero-order chi connectivity index (χ0) is 25.3. The van der Waals surface area contributed by atoms with Gasteiger partial charge in [-0.05, 0) is 73.7 Å². The summed E-state index contributed by atoms with van der Waals surface area (Å²) in [5.41, 5.74) is 7.26. The molecule has 35 heavy (non-hydrogen) atoms. The maximum atomic E-state index is 13.3. The number of carbonyl (C=O) groups is 3. The van der Waals surface area contributed by atoms with Gasteiger partial charge in [0.25, 0.3) is 11.8 Å². The molecule has 3 aromatic carbocycles. The quantitative estimate of drug-likeness (QED) is 0.413. The highest BCUT2D eigenvalue weighted by molar-refractivity contribution is 6.39. The van der Waals surface area contributed by atoms with E-state index in [1.807, 2.05) is 32.0 Å². The van der Waals surface area contributed by atoms with Crippen LogP contribution in [0.5, 0.6) is 5.75 Å². The summed E-state index contributed by atoms with van der Waals surface area (Å²) in [5, 5.41) is 2.29. The molecule has 4 amide bonds. The van der Waals surface area contributed by atoms with Crippen molar-refractivity contribution in [1.82, 2.24) is 5.32 Å². The molecule has 1 aliphatic heterocycles. The van der Waals surface area contributed by atoms with Crippen molar-refractivity contribution in [2.75, 3.05) is 12.0 Å². The number of barbiturate groups is 1. The van der Waals surface area contributed by atoms with Crippen molar-refractivity contribution in [2.24, 2.45) is 0 Å². The third-order valence-electron chi connectivity index (χ3n) is 6.22. The average molecular weight is 469 g/mol. The molecule has 0 aliphatic carbocycles. The normalized spacial score (nSPS) is 14.9. The zero-order valence-corrected chi connectivity index (χ0v) is 20.6. The van der Waals surface area contributed by atoms with Gasteiger partial charge in [0.15, 0.2) is 0 Å². The van der Waals surface area contributed by atoms with Crippen LogP contribution in [-0.4, -0.2) is 25.0 Å². The molecule has 4 rings (SSSR count). The fraction of sp³-hybridized carbons (Fsp3) is 0.207. The molecule has 0 atom stereocenters. The first-order chi connectivity index (χ1) is 16.7. The molecule has 3 aromatic rings. The Morgan fingerprint density at radius 1 is 0.914 bits per heavy atom. The van der Waals surface area contributed by atoms with Crippen molar-refractivity contribution in [3.05, 3.63) is 99.1 Å². The fourth-order valence-corrected chi connectivity index (χ4v) is 4.41. The molecular formula is C29H28N2O4. The lowest BCUT2D eigenvalue weighted by molar-refractivity contribution is -0.122. The number of benzene rings is 3. The molecule has 6 heteroatoms. The highest BCUT2D eigenvalue weighted by Crippen LogP contribution is 2.29. The van der Waals surface area contributed by atoms with E-state index < -0.39 is 17.8 Å². The Labute approximate surface area is 205 Å². The van der Waals surface area contributed by atoms with Crippen LogP contribution < -0.4 is 15.0 Å². The molecule has 1 aliphatic rings. The van der Waals surface area contributed by atoms with Gasteiger partial charge in [0, 0.05) is 6.42 Å². The molecule has 1 fully saturated rings. The van der Waals surface area contributed by atoms with Gasteiger partial charge in [0.2, 0.25) is 0 Å². The predicted molar refractivity (Wildman–Crippen MR) is 137 cm³/mol. The van der Waals surface area contributed by atoms with Crippen LogP contribution in [-0.2, 0) is 16.0 Å².